The van der Waals surface area contributed by atoms with Gasteiger partial charge < -0.3 is 0 Å². The second kappa shape index (κ2) is 4.48. The molecule has 12 heavy (non-hydrogen) atoms. The number of rotatable bonds is 2. The molecule has 0 radical (unpaired) electrons. The van der Waals surface area contributed by atoms with E-state index in [1.807, 2.05) is 0 Å². The Morgan fingerprint density at radius 2 is 2.17 bits per heavy atom. The number of hydrogen-bond donors (Lipinski definition) is 0. The Bertz CT molecular complexity index is 295. The van der Waals surface area contributed by atoms with Crippen LogP contribution in [0.5, 0.6) is 0 Å². The first kappa shape index (κ1) is 9.56. The summed E-state index contributed by atoms with van der Waals surface area (Å²) in [5.74, 6) is -0.0353. The molecule has 0 atom stereocenters. The second-order valence-corrected chi connectivity index (χ2v) is 2.92. The molecule has 0 aliphatic heterocycles. The van der Waals surface area contributed by atoms with Crippen molar-refractivity contribution in [2.45, 2.75) is 0 Å². The molecule has 0 heterocycles. The van der Waals surface area contributed by atoms with Crippen LogP contribution in [0, 0.1) is 5.82 Å². The van der Waals surface area contributed by atoms with Crippen molar-refractivity contribution < 1.29 is 4.39 Å². The topological polar surface area (TPSA) is 0 Å². The van der Waals surface area contributed by atoms with Gasteiger partial charge in [-0.05, 0) is 6.07 Å². The van der Waals surface area contributed by atoms with Gasteiger partial charge in [-0.3, -0.25) is 0 Å². The molecule has 0 nitrogen and oxygen atoms in total. The number of hydrogen-bond acceptors (Lipinski definition) is 0. The van der Waals surface area contributed by atoms with Crippen LogP contribution in [-0.4, -0.2) is 5.88 Å². The monoisotopic (exact) mass is 204 g/mol. The zero-order valence-corrected chi connectivity index (χ0v) is 7.74. The molecule has 0 amide bonds. The van der Waals surface area contributed by atoms with Crippen LogP contribution in [0.2, 0.25) is 5.02 Å². The normalized spacial score (nSPS) is 10.9. The molecule has 1 aromatic rings. The summed E-state index contributed by atoms with van der Waals surface area (Å²) in [6.07, 6.45) is 3.27. The fourth-order valence-electron chi connectivity index (χ4n) is 0.821. The van der Waals surface area contributed by atoms with Gasteiger partial charge in [-0.15, -0.1) is 11.6 Å². The predicted octanol–water partition coefficient (Wildman–Crippen LogP) is 3.73. The number of alkyl halides is 1. The van der Waals surface area contributed by atoms with Crippen molar-refractivity contribution in [1.82, 2.24) is 0 Å². The quantitative estimate of drug-likeness (QED) is 0.645. The highest BCUT2D eigenvalue weighted by molar-refractivity contribution is 6.30. The Morgan fingerprint density at radius 1 is 1.42 bits per heavy atom. The van der Waals surface area contributed by atoms with Gasteiger partial charge in [0.25, 0.3) is 0 Å². The van der Waals surface area contributed by atoms with Gasteiger partial charge in [0.05, 0.1) is 5.02 Å². The van der Waals surface area contributed by atoms with Gasteiger partial charge in [0.2, 0.25) is 0 Å². The van der Waals surface area contributed by atoms with Crippen molar-refractivity contribution in [2.24, 2.45) is 0 Å². The van der Waals surface area contributed by atoms with E-state index >= 15 is 0 Å². The first-order valence-corrected chi connectivity index (χ1v) is 4.33. The number of halogens is 3. The lowest BCUT2D eigenvalue weighted by Crippen LogP contribution is -1.82. The summed E-state index contributed by atoms with van der Waals surface area (Å²) in [6.45, 7) is 0. The summed E-state index contributed by atoms with van der Waals surface area (Å²) in [7, 11) is 0. The van der Waals surface area contributed by atoms with Gasteiger partial charge in [-0.1, -0.05) is 35.9 Å². The zero-order valence-electron chi connectivity index (χ0n) is 6.23. The highest BCUT2D eigenvalue weighted by Crippen LogP contribution is 2.18. The molecule has 0 aliphatic rings. The number of benzene rings is 1. The fraction of sp³-hybridized carbons (Fsp3) is 0.111. The van der Waals surface area contributed by atoms with Crippen LogP contribution in [0.25, 0.3) is 6.08 Å². The van der Waals surface area contributed by atoms with E-state index in [-0.39, 0.29) is 5.02 Å². The molecule has 3 heteroatoms. The first-order valence-electron chi connectivity index (χ1n) is 3.42. The summed E-state index contributed by atoms with van der Waals surface area (Å²) in [5.41, 5.74) is 0.461. The Labute approximate surface area is 80.6 Å². The van der Waals surface area contributed by atoms with Gasteiger partial charge in [-0.25, -0.2) is 4.39 Å². The minimum atomic E-state index is -0.402. The lowest BCUT2D eigenvalue weighted by atomic mass is 10.2. The maximum Gasteiger partial charge on any atom is 0.148 e. The van der Waals surface area contributed by atoms with Crippen LogP contribution >= 0.6 is 23.2 Å². The van der Waals surface area contributed by atoms with Crippen LogP contribution in [0.15, 0.2) is 24.3 Å². The smallest absolute Gasteiger partial charge is 0.148 e. The largest absolute Gasteiger partial charge is 0.205 e. The summed E-state index contributed by atoms with van der Waals surface area (Å²) >= 11 is 11.0. The van der Waals surface area contributed by atoms with Crippen LogP contribution in [0.3, 0.4) is 0 Å². The van der Waals surface area contributed by atoms with Crippen molar-refractivity contribution in [1.29, 1.82) is 0 Å². The average molecular weight is 205 g/mol. The summed E-state index contributed by atoms with van der Waals surface area (Å²) in [5, 5.41) is 0.131. The van der Waals surface area contributed by atoms with E-state index in [2.05, 4.69) is 0 Å². The highest BCUT2D eigenvalue weighted by atomic mass is 35.5. The van der Waals surface area contributed by atoms with E-state index in [1.54, 1.807) is 24.3 Å². The van der Waals surface area contributed by atoms with Crippen molar-refractivity contribution in [3.8, 4) is 0 Å². The fourth-order valence-corrected chi connectivity index (χ4v) is 1.09. The van der Waals surface area contributed by atoms with Gasteiger partial charge in [-0.2, -0.15) is 0 Å². The van der Waals surface area contributed by atoms with Crippen LogP contribution in [-0.2, 0) is 0 Å². The van der Waals surface area contributed by atoms with Crippen molar-refractivity contribution in [3.05, 3.63) is 40.7 Å². The van der Waals surface area contributed by atoms with E-state index in [4.69, 9.17) is 23.2 Å². The Kier molecular flexibility index (Phi) is 3.57. The molecule has 0 aromatic heterocycles. The molecule has 0 fully saturated rings. The summed E-state index contributed by atoms with van der Waals surface area (Å²) in [6, 6.07) is 4.85. The molecule has 0 spiro atoms. The van der Waals surface area contributed by atoms with E-state index in [1.165, 1.54) is 6.07 Å². The van der Waals surface area contributed by atoms with Gasteiger partial charge in [0.1, 0.15) is 5.82 Å². The molecule has 1 rings (SSSR count). The first-order chi connectivity index (χ1) is 5.75. The molecular weight excluding hydrogens is 198 g/mol. The molecule has 0 bridgehead atoms. The lowest BCUT2D eigenvalue weighted by molar-refractivity contribution is 0.625. The molecule has 0 unspecified atom stereocenters. The van der Waals surface area contributed by atoms with E-state index in [9.17, 15) is 4.39 Å². The third kappa shape index (κ3) is 2.23. The van der Waals surface area contributed by atoms with Crippen molar-refractivity contribution >= 4 is 29.3 Å². The molecule has 64 valence electrons. The third-order valence-corrected chi connectivity index (χ3v) is 1.84. The average Bonchev–Trinajstić information content (AvgIpc) is 2.08. The SMILES string of the molecule is Fc1c(Cl)cccc1/C=C/CCl. The molecule has 0 aliphatic carbocycles. The van der Waals surface area contributed by atoms with Crippen molar-refractivity contribution in [3.63, 3.8) is 0 Å². The maximum absolute atomic E-state index is 13.1. The van der Waals surface area contributed by atoms with Gasteiger partial charge >= 0.3 is 0 Å². The van der Waals surface area contributed by atoms with Crippen molar-refractivity contribution in [2.75, 3.05) is 5.88 Å². The van der Waals surface area contributed by atoms with E-state index < -0.39 is 5.82 Å². The lowest BCUT2D eigenvalue weighted by Gasteiger charge is -1.97. The van der Waals surface area contributed by atoms with Crippen LogP contribution in [0.1, 0.15) is 5.56 Å². The molecule has 1 aromatic carbocycles. The minimum absolute atomic E-state index is 0.131. The zero-order chi connectivity index (χ0) is 8.97. The predicted molar refractivity (Wildman–Crippen MR) is 51.2 cm³/mol. The molecule has 0 saturated carbocycles. The molecular formula is C9H7Cl2F. The molecule has 0 N–H and O–H groups in total. The Morgan fingerprint density at radius 3 is 2.83 bits per heavy atom. The molecule has 0 saturated heterocycles. The number of allylic oxidation sites excluding steroid dienone is 1. The minimum Gasteiger partial charge on any atom is -0.205 e. The summed E-state index contributed by atoms with van der Waals surface area (Å²) in [4.78, 5) is 0. The standard InChI is InChI=1S/C9H7Cl2F/c10-6-2-4-7-3-1-5-8(11)9(7)12/h1-5H,6H2/b4-2+. The third-order valence-electron chi connectivity index (χ3n) is 1.37. The maximum atomic E-state index is 13.1. The van der Waals surface area contributed by atoms with Gasteiger partial charge in [0, 0.05) is 11.4 Å². The van der Waals surface area contributed by atoms with Gasteiger partial charge in [0.15, 0.2) is 0 Å². The van der Waals surface area contributed by atoms with Crippen LogP contribution < -0.4 is 0 Å². The van der Waals surface area contributed by atoms with E-state index in [0.29, 0.717) is 11.4 Å². The second-order valence-electron chi connectivity index (χ2n) is 2.20. The van der Waals surface area contributed by atoms with E-state index in [0.717, 1.165) is 0 Å². The summed E-state index contributed by atoms with van der Waals surface area (Å²) < 4.78 is 13.1. The Balaban J connectivity index is 3.00. The highest BCUT2D eigenvalue weighted by Gasteiger charge is 2.01. The Hall–Kier alpha value is -0.530. The van der Waals surface area contributed by atoms with Crippen LogP contribution in [0.4, 0.5) is 4.39 Å².